The molecular weight excluding hydrogens is 658 g/mol. The molecule has 6 rings (SSSR count). The SMILES string of the molecule is CNC(=O)c1c(-c2ccc(F)cc2)oc2cc(N(C)S(C)(=O)=O)c(-c3cccc(-c4cc5ccccc5n4COCC[Si](C)(C)C)c3)cc12. The first-order valence-electron chi connectivity index (χ1n) is 16.0. The quantitative estimate of drug-likeness (QED) is 0.108. The highest BCUT2D eigenvalue weighted by molar-refractivity contribution is 7.92. The highest BCUT2D eigenvalue weighted by atomic mass is 32.2. The topological polar surface area (TPSA) is 93.8 Å². The summed E-state index contributed by atoms with van der Waals surface area (Å²) in [5.74, 6) is -0.551. The molecule has 0 aliphatic heterocycles. The smallest absolute Gasteiger partial charge is 0.255 e. The minimum atomic E-state index is -3.69. The van der Waals surface area contributed by atoms with Gasteiger partial charge < -0.3 is 19.0 Å². The number of benzene rings is 4. The number of rotatable bonds is 11. The van der Waals surface area contributed by atoms with E-state index in [-0.39, 0.29) is 17.2 Å². The van der Waals surface area contributed by atoms with Crippen molar-refractivity contribution in [1.29, 1.82) is 0 Å². The van der Waals surface area contributed by atoms with Gasteiger partial charge in [-0.1, -0.05) is 56.0 Å². The van der Waals surface area contributed by atoms with E-state index < -0.39 is 23.9 Å². The largest absolute Gasteiger partial charge is 0.455 e. The van der Waals surface area contributed by atoms with Gasteiger partial charge in [-0.3, -0.25) is 9.10 Å². The summed E-state index contributed by atoms with van der Waals surface area (Å²) >= 11 is 0. The number of carbonyl (C=O) groups excluding carboxylic acids is 1. The zero-order valence-electron chi connectivity index (χ0n) is 28.5. The van der Waals surface area contributed by atoms with E-state index in [1.54, 1.807) is 24.3 Å². The Kier molecular flexibility index (Phi) is 9.27. The number of aromatic nitrogens is 1. The van der Waals surface area contributed by atoms with E-state index in [1.165, 1.54) is 30.5 Å². The zero-order valence-corrected chi connectivity index (χ0v) is 30.3. The first kappa shape index (κ1) is 34.2. The standard InChI is InChI=1S/C38H40FN3O5SSi/c1-40-38(43)36-31-22-30(34(41(2)48(3,44)45)23-35(31)47-37(36)25-14-16-29(39)17-15-25)26-11-9-12-27(20-26)33-21-28-10-7-8-13-32(28)42(33)24-46-18-19-49(4,5)6/h7-17,20-23H,18-19,24H2,1-6H3,(H,40,43). The summed E-state index contributed by atoms with van der Waals surface area (Å²) in [6, 6.07) is 28.4. The Morgan fingerprint density at radius 3 is 2.35 bits per heavy atom. The maximum absolute atomic E-state index is 13.8. The van der Waals surface area contributed by atoms with Gasteiger partial charge >= 0.3 is 0 Å². The predicted octanol–water partition coefficient (Wildman–Crippen LogP) is 8.60. The fourth-order valence-electron chi connectivity index (χ4n) is 5.93. The number of carbonyl (C=O) groups is 1. The summed E-state index contributed by atoms with van der Waals surface area (Å²) in [7, 11) is -1.94. The average Bonchev–Trinajstić information content (AvgIpc) is 3.63. The van der Waals surface area contributed by atoms with E-state index in [0.29, 0.717) is 41.1 Å². The molecule has 0 bridgehead atoms. The van der Waals surface area contributed by atoms with Crippen LogP contribution in [0.5, 0.6) is 0 Å². The van der Waals surface area contributed by atoms with Gasteiger partial charge in [-0.05, 0) is 65.7 Å². The zero-order chi connectivity index (χ0) is 35.1. The van der Waals surface area contributed by atoms with Gasteiger partial charge in [-0.15, -0.1) is 0 Å². The van der Waals surface area contributed by atoms with Crippen LogP contribution >= 0.6 is 0 Å². The van der Waals surface area contributed by atoms with Crippen LogP contribution in [0.1, 0.15) is 10.4 Å². The summed E-state index contributed by atoms with van der Waals surface area (Å²) in [4.78, 5) is 13.3. The van der Waals surface area contributed by atoms with Gasteiger partial charge in [-0.25, -0.2) is 12.8 Å². The van der Waals surface area contributed by atoms with Crippen LogP contribution in [0.4, 0.5) is 10.1 Å². The Bertz CT molecular complexity index is 2290. The van der Waals surface area contributed by atoms with E-state index in [4.69, 9.17) is 9.15 Å². The van der Waals surface area contributed by atoms with Gasteiger partial charge in [0, 0.05) is 56.7 Å². The Hall–Kier alpha value is -4.71. The summed E-state index contributed by atoms with van der Waals surface area (Å²) in [5.41, 5.74) is 5.75. The van der Waals surface area contributed by atoms with Crippen LogP contribution < -0.4 is 9.62 Å². The first-order valence-corrected chi connectivity index (χ1v) is 21.6. The number of halogens is 1. The normalized spacial score (nSPS) is 12.1. The van der Waals surface area contributed by atoms with Crippen LogP contribution in [0.2, 0.25) is 25.7 Å². The molecule has 0 saturated heterocycles. The van der Waals surface area contributed by atoms with Crippen LogP contribution in [0, 0.1) is 5.82 Å². The molecule has 1 amide bonds. The molecular formula is C38H40FN3O5SSi. The maximum Gasteiger partial charge on any atom is 0.255 e. The molecule has 0 radical (unpaired) electrons. The third-order valence-electron chi connectivity index (χ3n) is 8.70. The molecule has 254 valence electrons. The Morgan fingerprint density at radius 2 is 1.65 bits per heavy atom. The molecule has 1 N–H and O–H groups in total. The highest BCUT2D eigenvalue weighted by Crippen LogP contribution is 2.42. The second kappa shape index (κ2) is 13.3. The number of hydrogen-bond acceptors (Lipinski definition) is 5. The number of ether oxygens (including phenoxy) is 1. The molecule has 11 heteroatoms. The number of sulfonamides is 1. The molecule has 0 saturated carbocycles. The molecule has 2 aromatic heterocycles. The van der Waals surface area contributed by atoms with Crippen molar-refractivity contribution < 1.29 is 26.8 Å². The van der Waals surface area contributed by atoms with E-state index in [0.717, 1.165) is 40.0 Å². The van der Waals surface area contributed by atoms with Crippen molar-refractivity contribution in [2.75, 3.05) is 31.3 Å². The molecule has 0 unspecified atom stereocenters. The lowest BCUT2D eigenvalue weighted by Crippen LogP contribution is -2.25. The average molecular weight is 698 g/mol. The third kappa shape index (κ3) is 7.05. The third-order valence-corrected chi connectivity index (χ3v) is 11.6. The summed E-state index contributed by atoms with van der Waals surface area (Å²) in [6.45, 7) is 8.06. The van der Waals surface area contributed by atoms with E-state index in [1.807, 2.05) is 36.4 Å². The second-order valence-electron chi connectivity index (χ2n) is 13.4. The minimum absolute atomic E-state index is 0.256. The number of furan rings is 1. The van der Waals surface area contributed by atoms with Crippen molar-refractivity contribution in [2.24, 2.45) is 0 Å². The molecule has 6 aromatic rings. The molecule has 0 atom stereocenters. The Morgan fingerprint density at radius 1 is 0.939 bits per heavy atom. The summed E-state index contributed by atoms with van der Waals surface area (Å²) < 4.78 is 55.5. The molecule has 0 spiro atoms. The Labute approximate surface area is 287 Å². The maximum atomic E-state index is 13.8. The first-order chi connectivity index (χ1) is 23.2. The highest BCUT2D eigenvalue weighted by Gasteiger charge is 2.26. The predicted molar refractivity (Wildman–Crippen MR) is 199 cm³/mol. The van der Waals surface area contributed by atoms with Crippen molar-refractivity contribution in [3.8, 4) is 33.7 Å². The van der Waals surface area contributed by atoms with Crippen LogP contribution in [-0.2, 0) is 21.5 Å². The van der Waals surface area contributed by atoms with Crippen molar-refractivity contribution >= 4 is 51.6 Å². The Balaban J connectivity index is 1.53. The molecule has 49 heavy (non-hydrogen) atoms. The van der Waals surface area contributed by atoms with Gasteiger partial charge in [0.05, 0.1) is 28.7 Å². The molecule has 0 aliphatic rings. The number of nitrogens with zero attached hydrogens (tertiary/aromatic N) is 2. The number of nitrogens with one attached hydrogen (secondary N) is 1. The van der Waals surface area contributed by atoms with Crippen LogP contribution in [0.3, 0.4) is 0 Å². The molecule has 8 nitrogen and oxygen atoms in total. The number of fused-ring (bicyclic) bond motifs is 2. The lowest BCUT2D eigenvalue weighted by molar-refractivity contribution is 0.0912. The monoisotopic (exact) mass is 697 g/mol. The van der Waals surface area contributed by atoms with E-state index in [9.17, 15) is 17.6 Å². The minimum Gasteiger partial charge on any atom is -0.455 e. The van der Waals surface area contributed by atoms with Crippen LogP contribution in [-0.4, -0.2) is 53.9 Å². The van der Waals surface area contributed by atoms with Crippen molar-refractivity contribution in [3.63, 3.8) is 0 Å². The lowest BCUT2D eigenvalue weighted by Gasteiger charge is -2.21. The van der Waals surface area contributed by atoms with Gasteiger partial charge in [0.2, 0.25) is 10.0 Å². The van der Waals surface area contributed by atoms with Gasteiger partial charge in [0.15, 0.2) is 0 Å². The fraction of sp³-hybridized carbons (Fsp3) is 0.237. The van der Waals surface area contributed by atoms with Gasteiger partial charge in [0.25, 0.3) is 5.91 Å². The summed E-state index contributed by atoms with van der Waals surface area (Å²) in [6.07, 6.45) is 1.14. The van der Waals surface area contributed by atoms with Crippen molar-refractivity contribution in [2.45, 2.75) is 32.4 Å². The van der Waals surface area contributed by atoms with Crippen molar-refractivity contribution in [1.82, 2.24) is 9.88 Å². The van der Waals surface area contributed by atoms with Gasteiger partial charge in [-0.2, -0.15) is 0 Å². The van der Waals surface area contributed by atoms with E-state index in [2.05, 4.69) is 47.7 Å². The number of para-hydroxylation sites is 1. The number of hydrogen-bond donors (Lipinski definition) is 1. The van der Waals surface area contributed by atoms with E-state index >= 15 is 0 Å². The van der Waals surface area contributed by atoms with Crippen molar-refractivity contribution in [3.05, 3.63) is 102 Å². The van der Waals surface area contributed by atoms with Gasteiger partial charge in [0.1, 0.15) is 23.9 Å². The second-order valence-corrected chi connectivity index (χ2v) is 21.1. The molecule has 0 fully saturated rings. The lowest BCUT2D eigenvalue weighted by atomic mass is 9.96. The number of amides is 1. The number of anilines is 1. The van der Waals surface area contributed by atoms with Crippen LogP contribution in [0.25, 0.3) is 55.6 Å². The molecule has 0 aliphatic carbocycles. The van der Waals surface area contributed by atoms with Crippen LogP contribution in [0.15, 0.2) is 95.4 Å². The molecule has 4 aromatic carbocycles. The summed E-state index contributed by atoms with van der Waals surface area (Å²) in [5, 5.41) is 4.26. The molecule has 2 heterocycles. The fourth-order valence-corrected chi connectivity index (χ4v) is 7.19.